The van der Waals surface area contributed by atoms with Crippen LogP contribution in [0.5, 0.6) is 0 Å². The molecule has 1 aliphatic carbocycles. The molecule has 4 heteroatoms. The van der Waals surface area contributed by atoms with Gasteiger partial charge in [0.2, 0.25) is 0 Å². The smallest absolute Gasteiger partial charge is 0.172 e. The molecule has 1 aliphatic rings. The molecular formula is C34H41N3O. The number of fused-ring (bicyclic) bond motifs is 1. The van der Waals surface area contributed by atoms with Gasteiger partial charge in [-0.3, -0.25) is 14.8 Å². The fourth-order valence-corrected chi connectivity index (χ4v) is 4.31. The zero-order valence-corrected chi connectivity index (χ0v) is 23.3. The summed E-state index contributed by atoms with van der Waals surface area (Å²) in [5, 5.41) is 10.0. The van der Waals surface area contributed by atoms with Crippen LogP contribution in [0.3, 0.4) is 0 Å². The highest BCUT2D eigenvalue weighted by Crippen LogP contribution is 2.41. The van der Waals surface area contributed by atoms with Crippen molar-refractivity contribution in [3.63, 3.8) is 0 Å². The number of benzene rings is 1. The molecule has 1 N–H and O–H groups in total. The second kappa shape index (κ2) is 16.0. The molecule has 1 aromatic carbocycles. The maximum absolute atomic E-state index is 13.2. The fraction of sp³-hybridized carbons (Fsp3) is 0.294. The Morgan fingerprint density at radius 2 is 1.87 bits per heavy atom. The van der Waals surface area contributed by atoms with E-state index in [1.807, 2.05) is 75.5 Å². The molecule has 38 heavy (non-hydrogen) atoms. The van der Waals surface area contributed by atoms with Crippen molar-refractivity contribution in [2.45, 2.75) is 59.8 Å². The summed E-state index contributed by atoms with van der Waals surface area (Å²) >= 11 is 0. The van der Waals surface area contributed by atoms with Gasteiger partial charge in [-0.05, 0) is 61.6 Å². The van der Waals surface area contributed by atoms with Crippen molar-refractivity contribution in [2.24, 2.45) is 5.92 Å². The highest BCUT2D eigenvalue weighted by Gasteiger charge is 2.37. The van der Waals surface area contributed by atoms with Crippen LogP contribution in [0.4, 0.5) is 0 Å². The zero-order chi connectivity index (χ0) is 27.9. The SMILES string of the molecule is C/C=C1\CC1C(=O)c1cnccc1/C(=C\CCCC)C(=N)/C=C\Cc1ccnc2ccccc12.C=C.CC. The Kier molecular flexibility index (Phi) is 12.8. The maximum atomic E-state index is 13.2. The van der Waals surface area contributed by atoms with Crippen LogP contribution in [-0.4, -0.2) is 21.5 Å². The van der Waals surface area contributed by atoms with Crippen LogP contribution >= 0.6 is 0 Å². The quantitative estimate of drug-likeness (QED) is 0.129. The summed E-state index contributed by atoms with van der Waals surface area (Å²) < 4.78 is 0. The number of Topliss-reactive ketones (excluding diaryl/α,β-unsaturated/α-hetero) is 1. The minimum absolute atomic E-state index is 0.0328. The van der Waals surface area contributed by atoms with Crippen LogP contribution in [0.15, 0.2) is 98.0 Å². The molecule has 0 spiro atoms. The van der Waals surface area contributed by atoms with E-state index in [-0.39, 0.29) is 11.7 Å². The van der Waals surface area contributed by atoms with Gasteiger partial charge in [-0.25, -0.2) is 0 Å². The standard InChI is InChI=1S/C30H31N3O.C2H6.C2H4/c1-3-5-6-12-25(24-16-17-32-20-27(24)30(34)26-19-21(26)4-2)28(31)13-9-10-22-15-18-33-29-14-8-7-11-23(22)29;2*1-2/h4,7-9,11-18,20,26,31H,3,5-6,10,19H2,1-2H3;1-2H3;1-2H2/b13-9-,21-4+,25-12+,31-28?;;. The lowest BCUT2D eigenvalue weighted by molar-refractivity contribution is 0.0972. The first-order valence-corrected chi connectivity index (χ1v) is 13.6. The Bertz CT molecular complexity index is 1310. The predicted octanol–water partition coefficient (Wildman–Crippen LogP) is 9.00. The van der Waals surface area contributed by atoms with E-state index in [0.717, 1.165) is 47.7 Å². The number of unbranched alkanes of at least 4 members (excludes halogenated alkanes) is 2. The van der Waals surface area contributed by atoms with Crippen molar-refractivity contribution in [3.05, 3.63) is 115 Å². The van der Waals surface area contributed by atoms with E-state index in [9.17, 15) is 4.79 Å². The van der Waals surface area contributed by atoms with E-state index in [1.54, 1.807) is 12.4 Å². The second-order valence-electron chi connectivity index (χ2n) is 8.67. The lowest BCUT2D eigenvalue weighted by atomic mass is 9.92. The summed E-state index contributed by atoms with van der Waals surface area (Å²) in [5.74, 6) is 0.0761. The molecule has 1 atom stereocenters. The number of nitrogens with zero attached hydrogens (tertiary/aromatic N) is 2. The van der Waals surface area contributed by atoms with Gasteiger partial charge < -0.3 is 5.41 Å². The summed E-state index contributed by atoms with van der Waals surface area (Å²) in [5.41, 5.74) is 5.99. The van der Waals surface area contributed by atoms with Gasteiger partial charge in [-0.2, -0.15) is 0 Å². The number of allylic oxidation sites excluding steroid dienone is 6. The Morgan fingerprint density at radius 1 is 1.11 bits per heavy atom. The van der Waals surface area contributed by atoms with Crippen LogP contribution in [0.25, 0.3) is 16.5 Å². The van der Waals surface area contributed by atoms with E-state index in [4.69, 9.17) is 5.41 Å². The number of hydrogen-bond donors (Lipinski definition) is 1. The van der Waals surface area contributed by atoms with Crippen molar-refractivity contribution in [3.8, 4) is 0 Å². The number of ketones is 1. The Morgan fingerprint density at radius 3 is 2.58 bits per heavy atom. The topological polar surface area (TPSA) is 66.7 Å². The van der Waals surface area contributed by atoms with Gasteiger partial charge in [0.15, 0.2) is 5.78 Å². The van der Waals surface area contributed by atoms with E-state index in [0.29, 0.717) is 17.7 Å². The van der Waals surface area contributed by atoms with Crippen molar-refractivity contribution in [1.29, 1.82) is 5.41 Å². The lowest BCUT2D eigenvalue weighted by Gasteiger charge is -2.12. The van der Waals surface area contributed by atoms with Gasteiger partial charge in [0.25, 0.3) is 0 Å². The van der Waals surface area contributed by atoms with Crippen LogP contribution in [0.1, 0.15) is 74.9 Å². The molecule has 0 aliphatic heterocycles. The normalized spacial score (nSPS) is 15.4. The maximum Gasteiger partial charge on any atom is 0.172 e. The highest BCUT2D eigenvalue weighted by atomic mass is 16.1. The minimum Gasteiger partial charge on any atom is -0.300 e. The second-order valence-corrected chi connectivity index (χ2v) is 8.67. The number of hydrogen-bond acceptors (Lipinski definition) is 4. The largest absolute Gasteiger partial charge is 0.300 e. The first-order chi connectivity index (χ1) is 18.6. The lowest BCUT2D eigenvalue weighted by Crippen LogP contribution is -2.09. The third kappa shape index (κ3) is 7.79. The molecule has 4 rings (SSSR count). The number of carbonyl (C=O) groups excluding carboxylic acids is 1. The molecule has 0 bridgehead atoms. The van der Waals surface area contributed by atoms with Gasteiger partial charge in [0.05, 0.1) is 11.2 Å². The molecule has 1 unspecified atom stereocenters. The predicted molar refractivity (Wildman–Crippen MR) is 163 cm³/mol. The molecular weight excluding hydrogens is 466 g/mol. The molecule has 1 fully saturated rings. The zero-order valence-electron chi connectivity index (χ0n) is 23.3. The fourth-order valence-electron chi connectivity index (χ4n) is 4.31. The molecule has 3 aromatic rings. The Labute approximate surface area is 228 Å². The first kappa shape index (κ1) is 30.3. The van der Waals surface area contributed by atoms with Crippen LogP contribution < -0.4 is 0 Å². The Hall–Kier alpha value is -3.92. The number of nitrogens with one attached hydrogen (secondary N) is 1. The van der Waals surface area contributed by atoms with Crippen molar-refractivity contribution in [1.82, 2.24) is 9.97 Å². The van der Waals surface area contributed by atoms with Gasteiger partial charge in [-0.1, -0.05) is 75.6 Å². The van der Waals surface area contributed by atoms with E-state index in [2.05, 4.69) is 42.2 Å². The first-order valence-electron chi connectivity index (χ1n) is 13.6. The molecule has 0 amide bonds. The minimum atomic E-state index is -0.0328. The molecule has 4 nitrogen and oxygen atoms in total. The van der Waals surface area contributed by atoms with Crippen molar-refractivity contribution >= 4 is 28.0 Å². The Balaban J connectivity index is 0.00000121. The third-order valence-corrected chi connectivity index (χ3v) is 6.35. The number of aromatic nitrogens is 2. The summed E-state index contributed by atoms with van der Waals surface area (Å²) in [6.07, 6.45) is 17.8. The summed E-state index contributed by atoms with van der Waals surface area (Å²) in [4.78, 5) is 21.8. The number of rotatable bonds is 10. The van der Waals surface area contributed by atoms with Crippen LogP contribution in [0, 0.1) is 11.3 Å². The van der Waals surface area contributed by atoms with Gasteiger partial charge in [0, 0.05) is 41.0 Å². The van der Waals surface area contributed by atoms with E-state index >= 15 is 0 Å². The van der Waals surface area contributed by atoms with Crippen LogP contribution in [0.2, 0.25) is 0 Å². The molecule has 1 saturated carbocycles. The summed E-state index contributed by atoms with van der Waals surface area (Å²) in [7, 11) is 0. The van der Waals surface area contributed by atoms with Gasteiger partial charge in [0.1, 0.15) is 0 Å². The third-order valence-electron chi connectivity index (χ3n) is 6.35. The molecule has 198 valence electrons. The number of carbonyl (C=O) groups is 1. The average Bonchev–Trinajstić information content (AvgIpc) is 3.77. The number of pyridine rings is 2. The van der Waals surface area contributed by atoms with E-state index in [1.165, 1.54) is 11.1 Å². The average molecular weight is 508 g/mol. The monoisotopic (exact) mass is 507 g/mol. The highest BCUT2D eigenvalue weighted by molar-refractivity contribution is 6.29. The number of para-hydroxylation sites is 1. The van der Waals surface area contributed by atoms with Crippen molar-refractivity contribution in [2.75, 3.05) is 0 Å². The van der Waals surface area contributed by atoms with Gasteiger partial charge >= 0.3 is 0 Å². The summed E-state index contributed by atoms with van der Waals surface area (Å²) in [6.45, 7) is 14.1. The molecule has 0 saturated heterocycles. The molecule has 2 aromatic heterocycles. The van der Waals surface area contributed by atoms with E-state index < -0.39 is 0 Å². The van der Waals surface area contributed by atoms with Crippen molar-refractivity contribution < 1.29 is 4.79 Å². The summed E-state index contributed by atoms with van der Waals surface area (Å²) in [6, 6.07) is 12.0. The van der Waals surface area contributed by atoms with Gasteiger partial charge in [-0.15, -0.1) is 13.2 Å². The molecule has 2 heterocycles. The molecule has 0 radical (unpaired) electrons. The van der Waals surface area contributed by atoms with Crippen LogP contribution in [-0.2, 0) is 6.42 Å².